The van der Waals surface area contributed by atoms with E-state index in [1.165, 1.54) is 6.07 Å². The molecule has 1 unspecified atom stereocenters. The fourth-order valence-electron chi connectivity index (χ4n) is 3.33. The molecule has 2 N–H and O–H groups in total. The number of guanidine groups is 1. The van der Waals surface area contributed by atoms with E-state index in [9.17, 15) is 4.39 Å². The quantitative estimate of drug-likeness (QED) is 0.325. The molecule has 3 rings (SSSR count). The highest BCUT2D eigenvalue weighted by molar-refractivity contribution is 14.0. The van der Waals surface area contributed by atoms with Crippen LogP contribution in [-0.4, -0.2) is 55.9 Å². The van der Waals surface area contributed by atoms with Gasteiger partial charge in [-0.2, -0.15) is 0 Å². The third-order valence-corrected chi connectivity index (χ3v) is 5.01. The zero-order valence-electron chi connectivity index (χ0n) is 17.7. The van der Waals surface area contributed by atoms with E-state index in [0.717, 1.165) is 30.1 Å². The standard InChI is InChI=1S/C21H30FN5O2.HI/c1-15(2)19-12-18(29-26-19)13-24-21(23-3)25-14-20(27-7-9-28-10-8-27)16-5-4-6-17(22)11-16;/h4-6,11-12,15,20H,7-10,13-14H2,1-3H3,(H2,23,24,25);1H. The van der Waals surface area contributed by atoms with Crippen molar-refractivity contribution in [1.82, 2.24) is 20.7 Å². The predicted octanol–water partition coefficient (Wildman–Crippen LogP) is 3.29. The van der Waals surface area contributed by atoms with Gasteiger partial charge in [0.2, 0.25) is 0 Å². The Morgan fingerprint density at radius 3 is 2.63 bits per heavy atom. The lowest BCUT2D eigenvalue weighted by Gasteiger charge is -2.35. The van der Waals surface area contributed by atoms with Crippen LogP contribution < -0.4 is 10.6 Å². The first-order valence-electron chi connectivity index (χ1n) is 10.0. The molecule has 7 nitrogen and oxygen atoms in total. The molecule has 0 spiro atoms. The van der Waals surface area contributed by atoms with Crippen LogP contribution in [0.15, 0.2) is 39.8 Å². The molecule has 1 atom stereocenters. The molecule has 166 valence electrons. The van der Waals surface area contributed by atoms with E-state index in [-0.39, 0.29) is 35.8 Å². The van der Waals surface area contributed by atoms with Crippen LogP contribution in [0.1, 0.15) is 42.8 Å². The highest BCUT2D eigenvalue weighted by Crippen LogP contribution is 2.22. The Morgan fingerprint density at radius 1 is 1.23 bits per heavy atom. The molecule has 9 heteroatoms. The summed E-state index contributed by atoms with van der Waals surface area (Å²) in [5.41, 5.74) is 1.87. The van der Waals surface area contributed by atoms with Gasteiger partial charge in [0.25, 0.3) is 0 Å². The molecule has 30 heavy (non-hydrogen) atoms. The summed E-state index contributed by atoms with van der Waals surface area (Å²) < 4.78 is 24.6. The molecule has 1 aromatic carbocycles. The molecular formula is C21H31FIN5O2. The van der Waals surface area contributed by atoms with Gasteiger partial charge in [0.15, 0.2) is 11.7 Å². The molecule has 0 bridgehead atoms. The average molecular weight is 531 g/mol. The molecule has 0 amide bonds. The van der Waals surface area contributed by atoms with E-state index in [4.69, 9.17) is 9.26 Å². The van der Waals surface area contributed by atoms with Gasteiger partial charge in [-0.05, 0) is 23.6 Å². The molecule has 1 aliphatic rings. The number of ether oxygens (including phenoxy) is 1. The zero-order valence-corrected chi connectivity index (χ0v) is 20.1. The van der Waals surface area contributed by atoms with Gasteiger partial charge in [-0.3, -0.25) is 9.89 Å². The van der Waals surface area contributed by atoms with E-state index in [2.05, 4.69) is 39.5 Å². The zero-order chi connectivity index (χ0) is 20.6. The van der Waals surface area contributed by atoms with Gasteiger partial charge in [-0.15, -0.1) is 24.0 Å². The number of nitrogens with zero attached hydrogens (tertiary/aromatic N) is 3. The van der Waals surface area contributed by atoms with E-state index in [1.54, 1.807) is 19.2 Å². The topological polar surface area (TPSA) is 74.9 Å². The summed E-state index contributed by atoms with van der Waals surface area (Å²) in [5.74, 6) is 1.51. The van der Waals surface area contributed by atoms with Crippen LogP contribution in [0.5, 0.6) is 0 Å². The Kier molecular flexibility index (Phi) is 9.99. The Morgan fingerprint density at radius 2 is 2.00 bits per heavy atom. The van der Waals surface area contributed by atoms with Crippen molar-refractivity contribution >= 4 is 29.9 Å². The molecule has 0 saturated carbocycles. The second kappa shape index (κ2) is 12.2. The van der Waals surface area contributed by atoms with Crippen LogP contribution in [0.25, 0.3) is 0 Å². The Labute approximate surface area is 194 Å². The monoisotopic (exact) mass is 531 g/mol. The van der Waals surface area contributed by atoms with Crippen molar-refractivity contribution in [3.63, 3.8) is 0 Å². The maximum atomic E-state index is 13.8. The number of benzene rings is 1. The van der Waals surface area contributed by atoms with Crippen LogP contribution >= 0.6 is 24.0 Å². The van der Waals surface area contributed by atoms with E-state index < -0.39 is 0 Å². The van der Waals surface area contributed by atoms with Gasteiger partial charge < -0.3 is 19.9 Å². The van der Waals surface area contributed by atoms with E-state index in [1.807, 2.05) is 12.1 Å². The van der Waals surface area contributed by atoms with Crippen molar-refractivity contribution < 1.29 is 13.7 Å². The minimum atomic E-state index is -0.227. The van der Waals surface area contributed by atoms with Crippen molar-refractivity contribution in [3.8, 4) is 0 Å². The largest absolute Gasteiger partial charge is 0.379 e. The number of nitrogens with one attached hydrogen (secondary N) is 2. The Bertz CT molecular complexity index is 808. The van der Waals surface area contributed by atoms with Crippen molar-refractivity contribution in [2.45, 2.75) is 32.4 Å². The SMILES string of the molecule is CN=C(NCc1cc(C(C)C)no1)NCC(c1cccc(F)c1)N1CCOCC1.I. The van der Waals surface area contributed by atoms with Crippen molar-refractivity contribution in [2.75, 3.05) is 39.9 Å². The number of rotatable bonds is 7. The van der Waals surface area contributed by atoms with Crippen LogP contribution in [0, 0.1) is 5.82 Å². The lowest BCUT2D eigenvalue weighted by Crippen LogP contribution is -2.46. The summed E-state index contributed by atoms with van der Waals surface area (Å²) in [4.78, 5) is 6.60. The number of aliphatic imine (C=N–C) groups is 1. The first-order chi connectivity index (χ1) is 14.1. The van der Waals surface area contributed by atoms with Crippen molar-refractivity contribution in [2.24, 2.45) is 4.99 Å². The minimum absolute atomic E-state index is 0. The van der Waals surface area contributed by atoms with Gasteiger partial charge in [0, 0.05) is 32.7 Å². The fourth-order valence-corrected chi connectivity index (χ4v) is 3.33. The summed E-state index contributed by atoms with van der Waals surface area (Å²) in [6.45, 7) is 8.22. The number of halogens is 2. The summed E-state index contributed by atoms with van der Waals surface area (Å²) in [5, 5.41) is 10.7. The van der Waals surface area contributed by atoms with Crippen LogP contribution in [0.2, 0.25) is 0 Å². The molecule has 1 saturated heterocycles. The molecule has 2 aromatic rings. The summed E-state index contributed by atoms with van der Waals surface area (Å²) in [6.07, 6.45) is 0. The molecule has 2 heterocycles. The number of aromatic nitrogens is 1. The molecule has 0 radical (unpaired) electrons. The molecular weight excluding hydrogens is 500 g/mol. The lowest BCUT2D eigenvalue weighted by atomic mass is 10.0. The first kappa shape index (κ1) is 24.5. The molecule has 1 aromatic heterocycles. The molecule has 0 aliphatic carbocycles. The van der Waals surface area contributed by atoms with Gasteiger partial charge in [0.1, 0.15) is 5.82 Å². The maximum absolute atomic E-state index is 13.8. The fraction of sp³-hybridized carbons (Fsp3) is 0.524. The van der Waals surface area contributed by atoms with Gasteiger partial charge in [-0.1, -0.05) is 31.1 Å². The van der Waals surface area contributed by atoms with Gasteiger partial charge in [0.05, 0.1) is 31.5 Å². The van der Waals surface area contributed by atoms with Crippen LogP contribution in [0.4, 0.5) is 4.39 Å². The number of morpholine rings is 1. The van der Waals surface area contributed by atoms with Crippen LogP contribution in [-0.2, 0) is 11.3 Å². The van der Waals surface area contributed by atoms with E-state index >= 15 is 0 Å². The summed E-state index contributed by atoms with van der Waals surface area (Å²) >= 11 is 0. The molecule has 1 aliphatic heterocycles. The predicted molar refractivity (Wildman–Crippen MR) is 126 cm³/mol. The third kappa shape index (κ3) is 6.92. The molecule has 1 fully saturated rings. The highest BCUT2D eigenvalue weighted by atomic mass is 127. The first-order valence-corrected chi connectivity index (χ1v) is 10.0. The normalized spacial score (nSPS) is 16.2. The highest BCUT2D eigenvalue weighted by Gasteiger charge is 2.23. The van der Waals surface area contributed by atoms with Crippen LogP contribution in [0.3, 0.4) is 0 Å². The smallest absolute Gasteiger partial charge is 0.191 e. The summed E-state index contributed by atoms with van der Waals surface area (Å²) in [6, 6.07) is 8.75. The minimum Gasteiger partial charge on any atom is -0.379 e. The van der Waals surface area contributed by atoms with Crippen molar-refractivity contribution in [3.05, 3.63) is 53.2 Å². The van der Waals surface area contributed by atoms with Gasteiger partial charge in [-0.25, -0.2) is 4.39 Å². The van der Waals surface area contributed by atoms with E-state index in [0.29, 0.717) is 38.2 Å². The second-order valence-corrected chi connectivity index (χ2v) is 7.40. The third-order valence-electron chi connectivity index (χ3n) is 5.01. The van der Waals surface area contributed by atoms with Crippen molar-refractivity contribution in [1.29, 1.82) is 0 Å². The second-order valence-electron chi connectivity index (χ2n) is 7.40. The lowest BCUT2D eigenvalue weighted by molar-refractivity contribution is 0.0169. The Hall–Kier alpha value is -1.72. The Balaban J connectivity index is 0.00000320. The average Bonchev–Trinajstić information content (AvgIpc) is 3.21. The number of hydrogen-bond acceptors (Lipinski definition) is 5. The van der Waals surface area contributed by atoms with Gasteiger partial charge >= 0.3 is 0 Å². The summed E-state index contributed by atoms with van der Waals surface area (Å²) in [7, 11) is 1.72. The number of hydrogen-bond donors (Lipinski definition) is 2. The maximum Gasteiger partial charge on any atom is 0.191 e.